The van der Waals surface area contributed by atoms with Gasteiger partial charge in [-0.25, -0.2) is 9.97 Å². The van der Waals surface area contributed by atoms with Gasteiger partial charge >= 0.3 is 0 Å². The van der Waals surface area contributed by atoms with Crippen molar-refractivity contribution in [3.63, 3.8) is 0 Å². The van der Waals surface area contributed by atoms with Gasteiger partial charge in [-0.3, -0.25) is 10.1 Å². The summed E-state index contributed by atoms with van der Waals surface area (Å²) in [6.45, 7) is 2.93. The van der Waals surface area contributed by atoms with Crippen molar-refractivity contribution < 1.29 is 4.79 Å². The number of thiazole rings is 1. The molecular weight excluding hydrogens is 364 g/mol. The number of imidazole rings is 1. The second-order valence-corrected chi connectivity index (χ2v) is 7.73. The van der Waals surface area contributed by atoms with Crippen LogP contribution in [0.2, 0.25) is 0 Å². The molecule has 0 aliphatic heterocycles. The first-order valence-corrected chi connectivity index (χ1v) is 10.2. The summed E-state index contributed by atoms with van der Waals surface area (Å²) in [5, 5.41) is 7.89. The second kappa shape index (κ2) is 7.39. The molecule has 4 rings (SSSR count). The molecule has 132 valence electrons. The summed E-state index contributed by atoms with van der Waals surface area (Å²) >= 11 is 3.22. The number of benzene rings is 1. The third kappa shape index (κ3) is 3.40. The molecule has 7 heteroatoms. The van der Waals surface area contributed by atoms with E-state index in [0.29, 0.717) is 5.95 Å². The molecule has 0 saturated carbocycles. The smallest absolute Gasteiger partial charge is 0.232 e. The van der Waals surface area contributed by atoms with Gasteiger partial charge in [0.1, 0.15) is 5.01 Å². The van der Waals surface area contributed by atoms with Gasteiger partial charge in [0, 0.05) is 11.9 Å². The minimum atomic E-state index is -0.0966. The van der Waals surface area contributed by atoms with Crippen LogP contribution < -0.4 is 5.32 Å². The number of fused-ring (bicyclic) bond motifs is 1. The highest BCUT2D eigenvalue weighted by atomic mass is 32.1. The minimum absolute atomic E-state index is 0.0966. The number of hydrogen-bond acceptors (Lipinski definition) is 5. The number of carbonyl (C=O) groups excluding carboxylic acids is 1. The van der Waals surface area contributed by atoms with Crippen LogP contribution in [0.1, 0.15) is 19.0 Å². The van der Waals surface area contributed by atoms with Crippen LogP contribution >= 0.6 is 22.7 Å². The van der Waals surface area contributed by atoms with Crippen molar-refractivity contribution in [1.82, 2.24) is 14.5 Å². The van der Waals surface area contributed by atoms with Gasteiger partial charge in [-0.2, -0.15) is 0 Å². The highest BCUT2D eigenvalue weighted by Gasteiger charge is 2.14. The number of para-hydroxylation sites is 2. The van der Waals surface area contributed by atoms with Gasteiger partial charge in [-0.1, -0.05) is 25.1 Å². The van der Waals surface area contributed by atoms with E-state index in [-0.39, 0.29) is 12.3 Å². The predicted octanol–water partition coefficient (Wildman–Crippen LogP) is 4.81. The standard InChI is InChI=1S/C19H18N4OS2/c1-2-9-23-15-7-4-3-6-14(15)21-19(23)22-17(24)11-13-12-26-18(20-13)16-8-5-10-25-16/h3-8,10,12H,2,9,11H2,1H3,(H,21,22,24). The van der Waals surface area contributed by atoms with E-state index in [1.165, 1.54) is 0 Å². The van der Waals surface area contributed by atoms with Crippen LogP contribution in [-0.4, -0.2) is 20.4 Å². The molecule has 0 atom stereocenters. The van der Waals surface area contributed by atoms with Crippen molar-refractivity contribution in [3.05, 3.63) is 52.9 Å². The molecular formula is C19H18N4OS2. The van der Waals surface area contributed by atoms with Crippen molar-refractivity contribution in [1.29, 1.82) is 0 Å². The van der Waals surface area contributed by atoms with Gasteiger partial charge in [0.25, 0.3) is 0 Å². The number of amides is 1. The molecule has 5 nitrogen and oxygen atoms in total. The van der Waals surface area contributed by atoms with Gasteiger partial charge in [0.05, 0.1) is 28.0 Å². The molecule has 1 amide bonds. The average Bonchev–Trinajstić information content (AvgIpc) is 3.36. The third-order valence-electron chi connectivity index (χ3n) is 3.98. The molecule has 0 aliphatic rings. The Morgan fingerprint density at radius 3 is 2.85 bits per heavy atom. The lowest BCUT2D eigenvalue weighted by atomic mass is 10.3. The molecule has 26 heavy (non-hydrogen) atoms. The fraction of sp³-hybridized carbons (Fsp3) is 0.211. The Bertz CT molecular complexity index is 1030. The third-order valence-corrected chi connectivity index (χ3v) is 5.91. The van der Waals surface area contributed by atoms with E-state index in [9.17, 15) is 4.79 Å². The number of nitrogens with zero attached hydrogens (tertiary/aromatic N) is 3. The SMILES string of the molecule is CCCn1c(NC(=O)Cc2csc(-c3cccs3)n2)nc2ccccc21. The number of hydrogen-bond donors (Lipinski definition) is 1. The number of aryl methyl sites for hydroxylation is 1. The molecule has 0 aliphatic carbocycles. The van der Waals surface area contributed by atoms with Crippen molar-refractivity contribution in [2.75, 3.05) is 5.32 Å². The average molecular weight is 383 g/mol. The number of anilines is 1. The highest BCUT2D eigenvalue weighted by Crippen LogP contribution is 2.28. The Morgan fingerprint density at radius 2 is 2.04 bits per heavy atom. The van der Waals surface area contributed by atoms with Crippen molar-refractivity contribution in [3.8, 4) is 9.88 Å². The zero-order valence-electron chi connectivity index (χ0n) is 14.3. The lowest BCUT2D eigenvalue weighted by Crippen LogP contribution is -2.18. The maximum Gasteiger partial charge on any atom is 0.232 e. The zero-order chi connectivity index (χ0) is 17.9. The molecule has 0 spiro atoms. The summed E-state index contributed by atoms with van der Waals surface area (Å²) in [7, 11) is 0. The summed E-state index contributed by atoms with van der Waals surface area (Å²) < 4.78 is 2.06. The fourth-order valence-corrected chi connectivity index (χ4v) is 4.49. The number of rotatable bonds is 6. The number of nitrogens with one attached hydrogen (secondary N) is 1. The largest absolute Gasteiger partial charge is 0.310 e. The first-order valence-electron chi connectivity index (χ1n) is 8.48. The quantitative estimate of drug-likeness (QED) is 0.520. The molecule has 0 fully saturated rings. The van der Waals surface area contributed by atoms with E-state index in [1.54, 1.807) is 22.7 Å². The normalized spacial score (nSPS) is 11.1. The fourth-order valence-electron chi connectivity index (χ4n) is 2.86. The number of aromatic nitrogens is 3. The van der Waals surface area contributed by atoms with Crippen LogP contribution in [0.4, 0.5) is 5.95 Å². The lowest BCUT2D eigenvalue weighted by molar-refractivity contribution is -0.115. The summed E-state index contributed by atoms with van der Waals surface area (Å²) in [6.07, 6.45) is 1.22. The summed E-state index contributed by atoms with van der Waals surface area (Å²) in [5.74, 6) is 0.507. The molecule has 0 bridgehead atoms. The topological polar surface area (TPSA) is 59.8 Å². The maximum atomic E-state index is 12.5. The first kappa shape index (κ1) is 16.9. The van der Waals surface area contributed by atoms with Gasteiger partial charge in [-0.15, -0.1) is 22.7 Å². The van der Waals surface area contributed by atoms with Gasteiger partial charge in [0.2, 0.25) is 11.9 Å². The van der Waals surface area contributed by atoms with E-state index < -0.39 is 0 Å². The Hall–Kier alpha value is -2.51. The van der Waals surface area contributed by atoms with Crippen molar-refractivity contribution in [2.45, 2.75) is 26.3 Å². The molecule has 4 aromatic rings. The lowest BCUT2D eigenvalue weighted by Gasteiger charge is -2.08. The van der Waals surface area contributed by atoms with E-state index >= 15 is 0 Å². The van der Waals surface area contributed by atoms with E-state index in [2.05, 4.69) is 26.8 Å². The highest BCUT2D eigenvalue weighted by molar-refractivity contribution is 7.20. The molecule has 0 saturated heterocycles. The number of carbonyl (C=O) groups is 1. The van der Waals surface area contributed by atoms with Crippen LogP contribution in [-0.2, 0) is 17.8 Å². The molecule has 1 aromatic carbocycles. The van der Waals surface area contributed by atoms with E-state index in [1.807, 2.05) is 47.2 Å². The number of thiophene rings is 1. The van der Waals surface area contributed by atoms with Crippen LogP contribution in [0.25, 0.3) is 20.9 Å². The van der Waals surface area contributed by atoms with Gasteiger partial charge in [-0.05, 0) is 30.0 Å². The minimum Gasteiger partial charge on any atom is -0.310 e. The second-order valence-electron chi connectivity index (χ2n) is 5.92. The van der Waals surface area contributed by atoms with Crippen LogP contribution in [0.5, 0.6) is 0 Å². The van der Waals surface area contributed by atoms with Crippen LogP contribution in [0.3, 0.4) is 0 Å². The Morgan fingerprint density at radius 1 is 1.15 bits per heavy atom. The van der Waals surface area contributed by atoms with Gasteiger partial charge < -0.3 is 4.57 Å². The monoisotopic (exact) mass is 382 g/mol. The molecule has 3 heterocycles. The van der Waals surface area contributed by atoms with Crippen LogP contribution in [0, 0.1) is 0 Å². The summed E-state index contributed by atoms with van der Waals surface area (Å²) in [4.78, 5) is 22.8. The first-order chi connectivity index (χ1) is 12.7. The molecule has 3 aromatic heterocycles. The van der Waals surface area contributed by atoms with Gasteiger partial charge in [0.15, 0.2) is 0 Å². The predicted molar refractivity (Wildman–Crippen MR) is 108 cm³/mol. The zero-order valence-corrected chi connectivity index (χ0v) is 15.9. The Kier molecular flexibility index (Phi) is 4.81. The van der Waals surface area contributed by atoms with Crippen LogP contribution in [0.15, 0.2) is 47.2 Å². The van der Waals surface area contributed by atoms with E-state index in [0.717, 1.165) is 39.6 Å². The molecule has 0 unspecified atom stereocenters. The van der Waals surface area contributed by atoms with Crippen molar-refractivity contribution in [2.24, 2.45) is 0 Å². The molecule has 1 N–H and O–H groups in total. The summed E-state index contributed by atoms with van der Waals surface area (Å²) in [6, 6.07) is 12.0. The van der Waals surface area contributed by atoms with E-state index in [4.69, 9.17) is 0 Å². The van der Waals surface area contributed by atoms with Crippen molar-refractivity contribution >= 4 is 45.6 Å². The Balaban J connectivity index is 1.51. The molecule has 0 radical (unpaired) electrons. The maximum absolute atomic E-state index is 12.5. The summed E-state index contributed by atoms with van der Waals surface area (Å²) in [5.41, 5.74) is 2.72. The Labute approximate surface area is 159 Å².